The second-order valence-electron chi connectivity index (χ2n) is 7.04. The van der Waals surface area contributed by atoms with Crippen LogP contribution in [0, 0.1) is 6.92 Å². The standard InChI is InChI=1S/C25H24O5S/c1-4-16-8-11-21(26)19(12-16)23(27)17-13-20(25(29)30-5-2)24(28)22(14-17)31-18-9-6-15(3)7-10-18/h6-14,26,28H,4-5H2,1-3H3. The number of rotatable bonds is 7. The van der Waals surface area contributed by atoms with Crippen molar-refractivity contribution >= 4 is 23.5 Å². The minimum absolute atomic E-state index is 0.0894. The van der Waals surface area contributed by atoms with Gasteiger partial charge in [0.15, 0.2) is 5.78 Å². The lowest BCUT2D eigenvalue weighted by Gasteiger charge is -2.13. The highest BCUT2D eigenvalue weighted by molar-refractivity contribution is 7.99. The van der Waals surface area contributed by atoms with Crippen LogP contribution in [0.2, 0.25) is 0 Å². The second kappa shape index (κ2) is 9.71. The summed E-state index contributed by atoms with van der Waals surface area (Å²) >= 11 is 1.24. The van der Waals surface area contributed by atoms with E-state index in [-0.39, 0.29) is 34.8 Å². The fourth-order valence-electron chi connectivity index (χ4n) is 3.05. The van der Waals surface area contributed by atoms with E-state index in [1.54, 1.807) is 19.1 Å². The van der Waals surface area contributed by atoms with E-state index in [9.17, 15) is 19.8 Å². The zero-order valence-corrected chi connectivity index (χ0v) is 18.5. The fourth-order valence-corrected chi connectivity index (χ4v) is 3.97. The number of esters is 1. The van der Waals surface area contributed by atoms with E-state index in [0.717, 1.165) is 16.0 Å². The van der Waals surface area contributed by atoms with Gasteiger partial charge in [0.2, 0.25) is 0 Å². The van der Waals surface area contributed by atoms with Crippen molar-refractivity contribution in [2.45, 2.75) is 37.0 Å². The van der Waals surface area contributed by atoms with Crippen molar-refractivity contribution in [3.8, 4) is 11.5 Å². The molecule has 0 saturated heterocycles. The molecule has 0 aromatic heterocycles. The van der Waals surface area contributed by atoms with E-state index in [0.29, 0.717) is 11.3 Å². The number of aryl methyl sites for hydroxylation is 2. The smallest absolute Gasteiger partial charge is 0.341 e. The molecule has 6 heteroatoms. The fraction of sp³-hybridized carbons (Fsp3) is 0.200. The molecule has 160 valence electrons. The maximum atomic E-state index is 13.2. The molecule has 2 N–H and O–H groups in total. The Balaban J connectivity index is 2.11. The van der Waals surface area contributed by atoms with Crippen molar-refractivity contribution < 1.29 is 24.5 Å². The van der Waals surface area contributed by atoms with Gasteiger partial charge < -0.3 is 14.9 Å². The first-order valence-corrected chi connectivity index (χ1v) is 10.8. The highest BCUT2D eigenvalue weighted by Crippen LogP contribution is 2.39. The Labute approximate surface area is 185 Å². The normalized spacial score (nSPS) is 10.7. The number of carbonyl (C=O) groups excluding carboxylic acids is 2. The molecule has 0 heterocycles. The van der Waals surface area contributed by atoms with Crippen molar-refractivity contribution in [2.24, 2.45) is 0 Å². The maximum absolute atomic E-state index is 13.2. The molecular formula is C25H24O5S. The first-order chi connectivity index (χ1) is 14.8. The van der Waals surface area contributed by atoms with Gasteiger partial charge in [-0.2, -0.15) is 0 Å². The van der Waals surface area contributed by atoms with Crippen LogP contribution in [0.15, 0.2) is 64.4 Å². The van der Waals surface area contributed by atoms with Crippen LogP contribution in [0.5, 0.6) is 11.5 Å². The van der Waals surface area contributed by atoms with E-state index in [1.165, 1.54) is 30.0 Å². The van der Waals surface area contributed by atoms with Crippen LogP contribution in [0.1, 0.15) is 51.3 Å². The zero-order chi connectivity index (χ0) is 22.5. The molecule has 0 aliphatic heterocycles. The molecule has 0 bridgehead atoms. The summed E-state index contributed by atoms with van der Waals surface area (Å²) in [6.07, 6.45) is 0.707. The summed E-state index contributed by atoms with van der Waals surface area (Å²) in [7, 11) is 0. The van der Waals surface area contributed by atoms with Gasteiger partial charge >= 0.3 is 5.97 Å². The van der Waals surface area contributed by atoms with Crippen LogP contribution in [0.4, 0.5) is 0 Å². The van der Waals surface area contributed by atoms with Gasteiger partial charge in [0.05, 0.1) is 17.1 Å². The summed E-state index contributed by atoms with van der Waals surface area (Å²) in [4.78, 5) is 26.9. The molecule has 3 aromatic rings. The molecule has 0 atom stereocenters. The van der Waals surface area contributed by atoms with Gasteiger partial charge in [0.25, 0.3) is 0 Å². The SMILES string of the molecule is CCOC(=O)c1cc(C(=O)c2cc(CC)ccc2O)cc(Sc2ccc(C)cc2)c1O. The molecule has 5 nitrogen and oxygen atoms in total. The topological polar surface area (TPSA) is 83.8 Å². The van der Waals surface area contributed by atoms with Crippen LogP contribution < -0.4 is 0 Å². The molecule has 0 unspecified atom stereocenters. The third kappa shape index (κ3) is 5.09. The van der Waals surface area contributed by atoms with Gasteiger partial charge in [-0.05, 0) is 62.2 Å². The zero-order valence-electron chi connectivity index (χ0n) is 17.6. The largest absolute Gasteiger partial charge is 0.507 e. The second-order valence-corrected chi connectivity index (χ2v) is 8.16. The summed E-state index contributed by atoms with van der Waals surface area (Å²) in [6, 6.07) is 15.4. The average molecular weight is 437 g/mol. The highest BCUT2D eigenvalue weighted by atomic mass is 32.2. The van der Waals surface area contributed by atoms with E-state index in [1.807, 2.05) is 38.1 Å². The van der Waals surface area contributed by atoms with Crippen LogP contribution in [-0.2, 0) is 11.2 Å². The van der Waals surface area contributed by atoms with Gasteiger partial charge in [0.1, 0.15) is 17.1 Å². The molecule has 0 aliphatic carbocycles. The van der Waals surface area contributed by atoms with Crippen molar-refractivity contribution in [1.29, 1.82) is 0 Å². The Bertz CT molecular complexity index is 1120. The molecular weight excluding hydrogens is 412 g/mol. The Morgan fingerprint density at radius 1 is 0.935 bits per heavy atom. The Hall–Kier alpha value is -3.25. The quantitative estimate of drug-likeness (QED) is 0.374. The third-order valence-corrected chi connectivity index (χ3v) is 5.83. The predicted molar refractivity (Wildman–Crippen MR) is 120 cm³/mol. The van der Waals surface area contributed by atoms with Crippen molar-refractivity contribution in [3.05, 3.63) is 82.4 Å². The van der Waals surface area contributed by atoms with Crippen LogP contribution in [0.3, 0.4) is 0 Å². The van der Waals surface area contributed by atoms with E-state index in [4.69, 9.17) is 4.74 Å². The number of aromatic hydroxyl groups is 2. The number of phenols is 2. The lowest BCUT2D eigenvalue weighted by Crippen LogP contribution is -2.09. The van der Waals surface area contributed by atoms with E-state index >= 15 is 0 Å². The summed E-state index contributed by atoms with van der Waals surface area (Å²) in [5.41, 5.74) is 2.23. The van der Waals surface area contributed by atoms with Crippen LogP contribution in [-0.4, -0.2) is 28.6 Å². The Kier molecular flexibility index (Phi) is 7.02. The summed E-state index contributed by atoms with van der Waals surface area (Å²) < 4.78 is 5.06. The van der Waals surface area contributed by atoms with Crippen molar-refractivity contribution in [1.82, 2.24) is 0 Å². The average Bonchev–Trinajstić information content (AvgIpc) is 2.76. The predicted octanol–water partition coefficient (Wildman–Crippen LogP) is 5.53. The van der Waals surface area contributed by atoms with Crippen molar-refractivity contribution in [2.75, 3.05) is 6.61 Å². The van der Waals surface area contributed by atoms with Gasteiger partial charge in [-0.3, -0.25) is 4.79 Å². The number of benzene rings is 3. The molecule has 0 amide bonds. The molecule has 0 spiro atoms. The maximum Gasteiger partial charge on any atom is 0.341 e. The first kappa shape index (κ1) is 22.4. The summed E-state index contributed by atoms with van der Waals surface area (Å²) in [5.74, 6) is -1.54. The monoisotopic (exact) mass is 436 g/mol. The minimum Gasteiger partial charge on any atom is -0.507 e. The number of ether oxygens (including phenoxy) is 1. The van der Waals surface area contributed by atoms with E-state index < -0.39 is 11.8 Å². The van der Waals surface area contributed by atoms with Crippen molar-refractivity contribution in [3.63, 3.8) is 0 Å². The molecule has 3 aromatic carbocycles. The van der Waals surface area contributed by atoms with Gasteiger partial charge in [-0.15, -0.1) is 0 Å². The van der Waals surface area contributed by atoms with Gasteiger partial charge in [-0.1, -0.05) is 42.4 Å². The third-order valence-electron chi connectivity index (χ3n) is 4.80. The molecule has 0 fully saturated rings. The molecule has 0 aliphatic rings. The van der Waals surface area contributed by atoms with E-state index in [2.05, 4.69) is 0 Å². The highest BCUT2D eigenvalue weighted by Gasteiger charge is 2.23. The first-order valence-electron chi connectivity index (χ1n) is 9.99. The number of carbonyl (C=O) groups is 2. The molecule has 0 saturated carbocycles. The minimum atomic E-state index is -0.716. The van der Waals surface area contributed by atoms with Gasteiger partial charge in [-0.25, -0.2) is 4.79 Å². The summed E-state index contributed by atoms with van der Waals surface area (Å²) in [5, 5.41) is 21.0. The molecule has 31 heavy (non-hydrogen) atoms. The lowest BCUT2D eigenvalue weighted by atomic mass is 9.98. The number of hydrogen-bond donors (Lipinski definition) is 2. The van der Waals surface area contributed by atoms with Crippen LogP contribution >= 0.6 is 11.8 Å². The number of ketones is 1. The Morgan fingerprint density at radius 3 is 2.29 bits per heavy atom. The summed E-state index contributed by atoms with van der Waals surface area (Å²) in [6.45, 7) is 5.73. The number of phenolic OH excluding ortho intramolecular Hbond substituents is 2. The molecule has 3 rings (SSSR count). The van der Waals surface area contributed by atoms with Crippen LogP contribution in [0.25, 0.3) is 0 Å². The number of hydrogen-bond acceptors (Lipinski definition) is 6. The lowest BCUT2D eigenvalue weighted by molar-refractivity contribution is 0.0522. The Morgan fingerprint density at radius 2 is 1.65 bits per heavy atom. The molecule has 0 radical (unpaired) electrons. The van der Waals surface area contributed by atoms with Gasteiger partial charge in [0, 0.05) is 10.5 Å².